The predicted molar refractivity (Wildman–Crippen MR) is 121 cm³/mol. The molecule has 0 spiro atoms. The van der Waals surface area contributed by atoms with E-state index in [1.54, 1.807) is 50.2 Å². The van der Waals surface area contributed by atoms with Crippen molar-refractivity contribution in [2.45, 2.75) is 32.7 Å². The Hall–Kier alpha value is -3.73. The fourth-order valence-electron chi connectivity index (χ4n) is 3.02. The number of hydrogen-bond acceptors (Lipinski definition) is 7. The van der Waals surface area contributed by atoms with E-state index in [-0.39, 0.29) is 30.5 Å². The number of nitrogen functional groups attached to an aromatic ring is 1. The van der Waals surface area contributed by atoms with Gasteiger partial charge in [0.2, 0.25) is 21.9 Å². The van der Waals surface area contributed by atoms with Crippen LogP contribution in [0.2, 0.25) is 0 Å². The minimum absolute atomic E-state index is 0.123. The number of nitrogens with zero attached hydrogens (tertiary/aromatic N) is 3. The van der Waals surface area contributed by atoms with E-state index in [2.05, 4.69) is 20.0 Å². The van der Waals surface area contributed by atoms with Gasteiger partial charge in [-0.05, 0) is 31.5 Å². The van der Waals surface area contributed by atoms with Crippen molar-refractivity contribution >= 4 is 27.6 Å². The zero-order valence-electron chi connectivity index (χ0n) is 17.7. The first-order valence-corrected chi connectivity index (χ1v) is 11.4. The monoisotopic (exact) mass is 456 g/mol. The van der Waals surface area contributed by atoms with E-state index in [4.69, 9.17) is 5.73 Å². The lowest BCUT2D eigenvalue weighted by molar-refractivity contribution is -0.121. The van der Waals surface area contributed by atoms with Crippen molar-refractivity contribution in [3.63, 3.8) is 0 Å². The molecule has 2 heterocycles. The topological polar surface area (TPSA) is 149 Å². The first-order valence-electron chi connectivity index (χ1n) is 9.74. The van der Waals surface area contributed by atoms with Gasteiger partial charge in [-0.1, -0.05) is 30.3 Å². The molecule has 0 bridgehead atoms. The Morgan fingerprint density at radius 1 is 1.12 bits per heavy atom. The molecular weight excluding hydrogens is 432 g/mol. The third-order valence-corrected chi connectivity index (χ3v) is 5.98. The van der Waals surface area contributed by atoms with Crippen molar-refractivity contribution in [3.05, 3.63) is 81.5 Å². The minimum Gasteiger partial charge on any atom is -0.368 e. The highest BCUT2D eigenvalue weighted by atomic mass is 32.2. The Morgan fingerprint density at radius 2 is 1.84 bits per heavy atom. The number of amides is 1. The normalized spacial score (nSPS) is 11.2. The highest BCUT2D eigenvalue weighted by molar-refractivity contribution is 7.91. The van der Waals surface area contributed by atoms with Crippen LogP contribution in [0.15, 0.2) is 53.5 Å². The molecule has 0 saturated carbocycles. The summed E-state index contributed by atoms with van der Waals surface area (Å²) in [5.41, 5.74) is 7.23. The molecule has 0 aliphatic carbocycles. The van der Waals surface area contributed by atoms with E-state index in [0.717, 1.165) is 0 Å². The zero-order chi connectivity index (χ0) is 23.3. The molecule has 0 radical (unpaired) electrons. The second-order valence-electron chi connectivity index (χ2n) is 7.24. The van der Waals surface area contributed by atoms with Crippen LogP contribution in [0.25, 0.3) is 0 Å². The summed E-state index contributed by atoms with van der Waals surface area (Å²) in [6.45, 7) is 3.31. The SMILES string of the molecule is Cc1nc(N)ncc1CNC(=O)Cn1c(C)ccc(NS(=O)(=O)Cc2ccccc2)c1=O. The average molecular weight is 457 g/mol. The number of carbonyl (C=O) groups excluding carboxylic acids is 1. The van der Waals surface area contributed by atoms with Crippen LogP contribution >= 0.6 is 0 Å². The largest absolute Gasteiger partial charge is 0.368 e. The molecule has 0 aliphatic heterocycles. The summed E-state index contributed by atoms with van der Waals surface area (Å²) in [6.07, 6.45) is 1.53. The molecule has 0 fully saturated rings. The molecule has 0 atom stereocenters. The third-order valence-electron chi connectivity index (χ3n) is 4.73. The van der Waals surface area contributed by atoms with Gasteiger partial charge in [0.15, 0.2) is 0 Å². The minimum atomic E-state index is -3.81. The maximum atomic E-state index is 12.8. The van der Waals surface area contributed by atoms with E-state index in [1.165, 1.54) is 16.8 Å². The summed E-state index contributed by atoms with van der Waals surface area (Å²) in [5.74, 6) is -0.549. The van der Waals surface area contributed by atoms with Crippen LogP contribution in [-0.4, -0.2) is 28.9 Å². The van der Waals surface area contributed by atoms with Gasteiger partial charge in [-0.25, -0.2) is 18.4 Å². The summed E-state index contributed by atoms with van der Waals surface area (Å²) < 4.78 is 28.5. The van der Waals surface area contributed by atoms with Crippen molar-refractivity contribution < 1.29 is 13.2 Å². The van der Waals surface area contributed by atoms with Crippen molar-refractivity contribution in [1.29, 1.82) is 0 Å². The second-order valence-corrected chi connectivity index (χ2v) is 8.96. The lowest BCUT2D eigenvalue weighted by atomic mass is 10.2. The van der Waals surface area contributed by atoms with Crippen molar-refractivity contribution in [2.75, 3.05) is 10.5 Å². The Labute approximate surface area is 185 Å². The molecule has 1 aromatic carbocycles. The number of hydrogen-bond donors (Lipinski definition) is 3. The van der Waals surface area contributed by atoms with Gasteiger partial charge in [0, 0.05) is 29.7 Å². The van der Waals surface area contributed by atoms with Crippen molar-refractivity contribution in [3.8, 4) is 0 Å². The molecule has 11 heteroatoms. The van der Waals surface area contributed by atoms with Gasteiger partial charge in [0.1, 0.15) is 12.2 Å². The highest BCUT2D eigenvalue weighted by Gasteiger charge is 2.17. The highest BCUT2D eigenvalue weighted by Crippen LogP contribution is 2.11. The lowest BCUT2D eigenvalue weighted by Gasteiger charge is -2.14. The number of nitrogens with one attached hydrogen (secondary N) is 2. The maximum absolute atomic E-state index is 12.8. The van der Waals surface area contributed by atoms with E-state index in [0.29, 0.717) is 22.5 Å². The standard InChI is InChI=1S/C21H24N6O4S/c1-14-8-9-18(26-32(30,31)13-16-6-4-3-5-7-16)20(29)27(14)12-19(28)23-10-17-11-24-21(22)25-15(17)2/h3-9,11,26H,10,12-13H2,1-2H3,(H,23,28)(H2,22,24,25). The summed E-state index contributed by atoms with van der Waals surface area (Å²) in [5, 5.41) is 2.70. The lowest BCUT2D eigenvalue weighted by Crippen LogP contribution is -2.34. The quantitative estimate of drug-likeness (QED) is 0.459. The Kier molecular flexibility index (Phi) is 6.89. The number of aryl methyl sites for hydroxylation is 2. The molecular formula is C21H24N6O4S. The van der Waals surface area contributed by atoms with Gasteiger partial charge in [-0.3, -0.25) is 14.3 Å². The second kappa shape index (κ2) is 9.60. The van der Waals surface area contributed by atoms with Crippen LogP contribution in [0, 0.1) is 13.8 Å². The van der Waals surface area contributed by atoms with Crippen LogP contribution in [0.4, 0.5) is 11.6 Å². The first-order chi connectivity index (χ1) is 15.1. The number of pyridine rings is 1. The molecule has 1 amide bonds. The molecule has 4 N–H and O–H groups in total. The summed E-state index contributed by atoms with van der Waals surface area (Å²) in [6, 6.07) is 11.6. The number of benzene rings is 1. The molecule has 0 aliphatic rings. The van der Waals surface area contributed by atoms with Crippen LogP contribution < -0.4 is 21.3 Å². The summed E-state index contributed by atoms with van der Waals surface area (Å²) >= 11 is 0. The number of rotatable bonds is 8. The molecule has 0 unspecified atom stereocenters. The van der Waals surface area contributed by atoms with E-state index >= 15 is 0 Å². The summed E-state index contributed by atoms with van der Waals surface area (Å²) in [4.78, 5) is 33.2. The molecule has 2 aromatic heterocycles. The van der Waals surface area contributed by atoms with Crippen molar-refractivity contribution in [1.82, 2.24) is 19.9 Å². The van der Waals surface area contributed by atoms with Crippen LogP contribution in [0.3, 0.4) is 0 Å². The predicted octanol–water partition coefficient (Wildman–Crippen LogP) is 1.10. The van der Waals surface area contributed by atoms with E-state index < -0.39 is 21.5 Å². The van der Waals surface area contributed by atoms with Gasteiger partial charge in [-0.15, -0.1) is 0 Å². The Balaban J connectivity index is 1.71. The fourth-order valence-corrected chi connectivity index (χ4v) is 4.21. The smallest absolute Gasteiger partial charge is 0.275 e. The van der Waals surface area contributed by atoms with Gasteiger partial charge < -0.3 is 15.6 Å². The molecule has 3 rings (SSSR count). The number of anilines is 2. The molecule has 0 saturated heterocycles. The Bertz CT molecular complexity index is 1290. The number of aromatic nitrogens is 3. The molecule has 3 aromatic rings. The number of sulfonamides is 1. The van der Waals surface area contributed by atoms with Gasteiger partial charge in [0.05, 0.1) is 5.75 Å². The van der Waals surface area contributed by atoms with Gasteiger partial charge in [-0.2, -0.15) is 0 Å². The maximum Gasteiger partial charge on any atom is 0.275 e. The van der Waals surface area contributed by atoms with Crippen LogP contribution in [0.5, 0.6) is 0 Å². The third kappa shape index (κ3) is 5.91. The van der Waals surface area contributed by atoms with Crippen molar-refractivity contribution in [2.24, 2.45) is 0 Å². The number of nitrogens with two attached hydrogens (primary N) is 1. The molecule has 32 heavy (non-hydrogen) atoms. The van der Waals surface area contributed by atoms with Crippen LogP contribution in [-0.2, 0) is 33.7 Å². The Morgan fingerprint density at radius 3 is 2.53 bits per heavy atom. The van der Waals surface area contributed by atoms with Gasteiger partial charge >= 0.3 is 0 Å². The molecule has 168 valence electrons. The fraction of sp³-hybridized carbons (Fsp3) is 0.238. The van der Waals surface area contributed by atoms with E-state index in [1.807, 2.05) is 0 Å². The molecule has 10 nitrogen and oxygen atoms in total. The van der Waals surface area contributed by atoms with Gasteiger partial charge in [0.25, 0.3) is 5.56 Å². The average Bonchev–Trinajstić information content (AvgIpc) is 2.73. The summed E-state index contributed by atoms with van der Waals surface area (Å²) in [7, 11) is -3.81. The van der Waals surface area contributed by atoms with E-state index in [9.17, 15) is 18.0 Å². The zero-order valence-corrected chi connectivity index (χ0v) is 18.5. The first kappa shape index (κ1) is 22.9. The number of carbonyl (C=O) groups is 1. The van der Waals surface area contributed by atoms with Crippen LogP contribution in [0.1, 0.15) is 22.5 Å².